The van der Waals surface area contributed by atoms with Crippen molar-refractivity contribution in [2.24, 2.45) is 28.3 Å². The van der Waals surface area contributed by atoms with Crippen LogP contribution < -0.4 is 16.3 Å². The Morgan fingerprint density at radius 2 is 1.64 bits per heavy atom. The summed E-state index contributed by atoms with van der Waals surface area (Å²) in [5, 5.41) is 6.06. The summed E-state index contributed by atoms with van der Waals surface area (Å²) in [5.74, 6) is 2.68. The van der Waals surface area contributed by atoms with Crippen molar-refractivity contribution in [1.82, 2.24) is 16.3 Å². The molecule has 4 bridgehead atoms. The summed E-state index contributed by atoms with van der Waals surface area (Å²) in [5.41, 5.74) is 10.9. The minimum atomic E-state index is 0.275. The van der Waals surface area contributed by atoms with Gasteiger partial charge >= 0.3 is 0 Å². The molecule has 0 heterocycles. The topological polar surface area (TPSA) is 48.5 Å². The fraction of sp³-hybridized carbons (Fsp3) is 0.550. The largest absolute Gasteiger partial charge is 0.288 e. The van der Waals surface area contributed by atoms with Gasteiger partial charge in [-0.25, -0.2) is 0 Å². The zero-order chi connectivity index (χ0) is 19.9. The molecule has 4 saturated carbocycles. The zero-order valence-corrected chi connectivity index (χ0v) is 18.9. The molecule has 4 nitrogen and oxygen atoms in total. The van der Waals surface area contributed by atoms with Crippen molar-refractivity contribution in [3.05, 3.63) is 33.8 Å². The number of thiocarbonyl (C=S) groups is 2. The molecule has 28 heavy (non-hydrogen) atoms. The van der Waals surface area contributed by atoms with E-state index in [1.807, 2.05) is 0 Å². The van der Waals surface area contributed by atoms with Gasteiger partial charge in [0.2, 0.25) is 5.11 Å². The number of hydrogen-bond donors (Lipinski definition) is 3. The summed E-state index contributed by atoms with van der Waals surface area (Å²) < 4.78 is 0. The van der Waals surface area contributed by atoms with Gasteiger partial charge in [-0.05, 0) is 93.6 Å². The number of nitrogens with zero attached hydrogens (tertiary/aromatic N) is 1. The highest BCUT2D eigenvalue weighted by Gasteiger charge is 2.52. The van der Waals surface area contributed by atoms with E-state index >= 15 is 0 Å². The van der Waals surface area contributed by atoms with Crippen LogP contribution in [0.4, 0.5) is 0 Å². The first-order valence-electron chi connectivity index (χ1n) is 9.71. The minimum absolute atomic E-state index is 0.275. The van der Waals surface area contributed by atoms with Crippen LogP contribution in [-0.2, 0) is 0 Å². The van der Waals surface area contributed by atoms with Gasteiger partial charge in [0.25, 0.3) is 0 Å². The molecule has 4 aliphatic carbocycles. The molecule has 0 saturated heterocycles. The van der Waals surface area contributed by atoms with Crippen LogP contribution in [0, 0.1) is 23.2 Å². The molecule has 0 radical (unpaired) electrons. The van der Waals surface area contributed by atoms with Crippen LogP contribution in [0.1, 0.15) is 51.0 Å². The van der Waals surface area contributed by atoms with Crippen LogP contribution in [0.15, 0.2) is 23.3 Å². The molecule has 150 valence electrons. The lowest BCUT2D eigenvalue weighted by Crippen LogP contribution is -2.50. The van der Waals surface area contributed by atoms with E-state index in [0.29, 0.717) is 25.7 Å². The second-order valence-corrected chi connectivity index (χ2v) is 10.2. The lowest BCUT2D eigenvalue weighted by atomic mass is 9.48. The number of nitrogens with one attached hydrogen (secondary N) is 3. The monoisotopic (exact) mass is 454 g/mol. The van der Waals surface area contributed by atoms with Crippen molar-refractivity contribution in [3.8, 4) is 0 Å². The Morgan fingerprint density at radius 1 is 1.04 bits per heavy atom. The van der Waals surface area contributed by atoms with Crippen molar-refractivity contribution in [1.29, 1.82) is 0 Å². The molecule has 0 aromatic heterocycles. The Bertz CT molecular complexity index is 804. The van der Waals surface area contributed by atoms with E-state index in [4.69, 9.17) is 47.6 Å². The first kappa shape index (κ1) is 20.3. The quantitative estimate of drug-likeness (QED) is 0.331. The Labute approximate surface area is 186 Å². The van der Waals surface area contributed by atoms with Crippen molar-refractivity contribution >= 4 is 63.5 Å². The standard InChI is InChI=1S/C20H24Cl2N4S2/c1-11(20-8-12-4-13(9-20)6-14(5-12)10-20)23-25-19(28)26-24-18(27)16-3-2-15(21)7-17(16)22/h2-3,7,12-14H,4-6,8-10H2,1H3,(H,24,27)(H2,25,26,28)/b23-11-. The number of hydrazone groups is 1. The van der Waals surface area contributed by atoms with Crippen LogP contribution in [0.2, 0.25) is 10.0 Å². The predicted octanol–water partition coefficient (Wildman–Crippen LogP) is 5.23. The summed E-state index contributed by atoms with van der Waals surface area (Å²) in [6.45, 7) is 2.15. The van der Waals surface area contributed by atoms with Crippen molar-refractivity contribution in [2.45, 2.75) is 45.4 Å². The Morgan fingerprint density at radius 3 is 2.21 bits per heavy atom. The van der Waals surface area contributed by atoms with Gasteiger partial charge in [-0.1, -0.05) is 35.4 Å². The van der Waals surface area contributed by atoms with E-state index in [1.165, 1.54) is 44.2 Å². The predicted molar refractivity (Wildman–Crippen MR) is 124 cm³/mol. The molecule has 4 fully saturated rings. The Balaban J connectivity index is 1.32. The smallest absolute Gasteiger partial charge is 0.205 e. The van der Waals surface area contributed by atoms with Gasteiger partial charge in [-0.3, -0.25) is 16.3 Å². The van der Waals surface area contributed by atoms with Gasteiger partial charge in [0.1, 0.15) is 4.99 Å². The highest BCUT2D eigenvalue weighted by atomic mass is 35.5. The molecule has 8 heteroatoms. The van der Waals surface area contributed by atoms with E-state index < -0.39 is 0 Å². The van der Waals surface area contributed by atoms with Crippen LogP contribution >= 0.6 is 47.6 Å². The lowest BCUT2D eigenvalue weighted by molar-refractivity contribution is -0.0128. The average molecular weight is 455 g/mol. The van der Waals surface area contributed by atoms with Gasteiger partial charge in [-0.2, -0.15) is 5.10 Å². The SMILES string of the molecule is C/C(=N/NC(=S)NNC(=S)c1ccc(Cl)cc1Cl)C12CC3CC(CC(C3)C1)C2. The molecular formula is C20H24Cl2N4S2. The molecule has 1 aromatic carbocycles. The third-order valence-corrected chi connectivity index (χ3v) is 7.66. The molecule has 0 unspecified atom stereocenters. The number of halogens is 2. The Hall–Kier alpha value is -0.950. The fourth-order valence-corrected chi connectivity index (χ4v) is 6.57. The van der Waals surface area contributed by atoms with E-state index in [2.05, 4.69) is 28.3 Å². The number of benzene rings is 1. The summed E-state index contributed by atoms with van der Waals surface area (Å²) in [7, 11) is 0. The van der Waals surface area contributed by atoms with Crippen molar-refractivity contribution < 1.29 is 0 Å². The van der Waals surface area contributed by atoms with Crippen LogP contribution in [-0.4, -0.2) is 15.8 Å². The highest BCUT2D eigenvalue weighted by molar-refractivity contribution is 7.81. The van der Waals surface area contributed by atoms with E-state index in [9.17, 15) is 0 Å². The summed E-state index contributed by atoms with van der Waals surface area (Å²) >= 11 is 22.8. The molecule has 4 aliphatic rings. The zero-order valence-electron chi connectivity index (χ0n) is 15.7. The number of hydrazine groups is 1. The highest BCUT2D eigenvalue weighted by Crippen LogP contribution is 2.60. The maximum atomic E-state index is 6.18. The molecule has 0 atom stereocenters. The number of hydrogen-bond acceptors (Lipinski definition) is 3. The first-order chi connectivity index (χ1) is 13.3. The number of rotatable bonds is 3. The second kappa shape index (κ2) is 8.05. The van der Waals surface area contributed by atoms with E-state index in [1.54, 1.807) is 18.2 Å². The molecule has 5 rings (SSSR count). The summed E-state index contributed by atoms with van der Waals surface area (Å²) in [4.78, 5) is 0.438. The fourth-order valence-electron chi connectivity index (χ4n) is 5.69. The second-order valence-electron chi connectivity index (χ2n) is 8.54. The average Bonchev–Trinajstić information content (AvgIpc) is 2.63. The molecular weight excluding hydrogens is 431 g/mol. The third kappa shape index (κ3) is 4.16. The summed E-state index contributed by atoms with van der Waals surface area (Å²) in [6, 6.07) is 5.17. The van der Waals surface area contributed by atoms with Crippen molar-refractivity contribution in [3.63, 3.8) is 0 Å². The van der Waals surface area contributed by atoms with Gasteiger partial charge in [-0.15, -0.1) is 0 Å². The molecule has 3 N–H and O–H groups in total. The molecule has 0 aliphatic heterocycles. The van der Waals surface area contributed by atoms with Crippen LogP contribution in [0.3, 0.4) is 0 Å². The minimum Gasteiger partial charge on any atom is -0.288 e. The lowest BCUT2D eigenvalue weighted by Gasteiger charge is -2.56. The maximum absolute atomic E-state index is 6.18. The van der Waals surface area contributed by atoms with Crippen LogP contribution in [0.25, 0.3) is 0 Å². The Kier molecular flexibility index (Phi) is 5.85. The van der Waals surface area contributed by atoms with Gasteiger partial charge < -0.3 is 0 Å². The maximum Gasteiger partial charge on any atom is 0.205 e. The van der Waals surface area contributed by atoms with E-state index in [-0.39, 0.29) is 5.41 Å². The van der Waals surface area contributed by atoms with E-state index in [0.717, 1.165) is 17.8 Å². The first-order valence-corrected chi connectivity index (χ1v) is 11.3. The molecule has 0 spiro atoms. The van der Waals surface area contributed by atoms with Gasteiger partial charge in [0.15, 0.2) is 0 Å². The molecule has 0 amide bonds. The molecule has 1 aromatic rings. The van der Waals surface area contributed by atoms with Crippen LogP contribution in [0.5, 0.6) is 0 Å². The third-order valence-electron chi connectivity index (χ3n) is 6.60. The van der Waals surface area contributed by atoms with Crippen molar-refractivity contribution in [2.75, 3.05) is 0 Å². The normalized spacial score (nSPS) is 30.8. The van der Waals surface area contributed by atoms with Gasteiger partial charge in [0.05, 0.1) is 5.02 Å². The summed E-state index contributed by atoms with van der Waals surface area (Å²) in [6.07, 6.45) is 8.13. The van der Waals surface area contributed by atoms with Gasteiger partial charge in [0, 0.05) is 21.7 Å².